The van der Waals surface area contributed by atoms with Crippen molar-refractivity contribution in [2.24, 2.45) is 5.92 Å². The van der Waals surface area contributed by atoms with Crippen LogP contribution in [-0.4, -0.2) is 41.3 Å². The molecule has 116 valence electrons. The Balaban J connectivity index is 1.82. The molecule has 1 aliphatic rings. The van der Waals surface area contributed by atoms with E-state index >= 15 is 0 Å². The molecule has 0 radical (unpaired) electrons. The summed E-state index contributed by atoms with van der Waals surface area (Å²) >= 11 is 0. The Morgan fingerprint density at radius 3 is 2.95 bits per heavy atom. The van der Waals surface area contributed by atoms with E-state index in [2.05, 4.69) is 4.98 Å². The maximum Gasteiger partial charge on any atom is 0.410 e. The van der Waals surface area contributed by atoms with E-state index in [1.807, 2.05) is 32.9 Å². The number of carbonyl (C=O) groups is 1. The fourth-order valence-corrected chi connectivity index (χ4v) is 2.34. The first kappa shape index (κ1) is 15.6. The summed E-state index contributed by atoms with van der Waals surface area (Å²) < 4.78 is 11.2. The quantitative estimate of drug-likeness (QED) is 0.859. The van der Waals surface area contributed by atoms with Crippen LogP contribution in [0.3, 0.4) is 0 Å². The predicted molar refractivity (Wildman–Crippen MR) is 80.3 cm³/mol. The lowest BCUT2D eigenvalue weighted by Crippen LogP contribution is -2.44. The Labute approximate surface area is 126 Å². The molecule has 1 saturated heterocycles. The van der Waals surface area contributed by atoms with Crippen LogP contribution in [0, 0.1) is 5.92 Å². The molecule has 0 N–H and O–H groups in total. The van der Waals surface area contributed by atoms with Crippen molar-refractivity contribution in [2.45, 2.75) is 39.2 Å². The predicted octanol–water partition coefficient (Wildman–Crippen LogP) is 3.11. The Morgan fingerprint density at radius 1 is 1.48 bits per heavy atom. The standard InChI is InChI=1S/C16H24N2O3/c1-16(2,3)21-15(19)18-9-5-6-13(11-18)12-20-14-7-4-8-17-10-14/h4,7-8,10,13H,5-6,9,11-12H2,1-3H3/t13-/m0/s1. The number of rotatable bonds is 3. The number of pyridine rings is 1. The molecular weight excluding hydrogens is 268 g/mol. The van der Waals surface area contributed by atoms with E-state index in [9.17, 15) is 4.79 Å². The summed E-state index contributed by atoms with van der Waals surface area (Å²) in [6, 6.07) is 3.74. The zero-order chi connectivity index (χ0) is 15.3. The molecular formula is C16H24N2O3. The molecule has 1 fully saturated rings. The van der Waals surface area contributed by atoms with Gasteiger partial charge in [0.1, 0.15) is 11.4 Å². The van der Waals surface area contributed by atoms with Crippen molar-refractivity contribution in [1.29, 1.82) is 0 Å². The zero-order valence-electron chi connectivity index (χ0n) is 13.0. The molecule has 2 heterocycles. The number of carbonyl (C=O) groups excluding carboxylic acids is 1. The molecule has 1 atom stereocenters. The van der Waals surface area contributed by atoms with Crippen molar-refractivity contribution in [3.63, 3.8) is 0 Å². The average Bonchev–Trinajstić information content (AvgIpc) is 2.45. The molecule has 0 bridgehead atoms. The van der Waals surface area contributed by atoms with Gasteiger partial charge in [-0.2, -0.15) is 0 Å². The van der Waals surface area contributed by atoms with Gasteiger partial charge in [-0.3, -0.25) is 4.98 Å². The number of hydrogen-bond acceptors (Lipinski definition) is 4. The third-order valence-corrected chi connectivity index (χ3v) is 3.29. The first-order chi connectivity index (χ1) is 9.94. The van der Waals surface area contributed by atoms with Gasteiger partial charge in [0.15, 0.2) is 0 Å². The minimum absolute atomic E-state index is 0.228. The minimum Gasteiger partial charge on any atom is -0.492 e. The highest BCUT2D eigenvalue weighted by molar-refractivity contribution is 5.68. The van der Waals surface area contributed by atoms with Crippen molar-refractivity contribution in [1.82, 2.24) is 9.88 Å². The van der Waals surface area contributed by atoms with Gasteiger partial charge >= 0.3 is 6.09 Å². The van der Waals surface area contributed by atoms with E-state index in [-0.39, 0.29) is 6.09 Å². The van der Waals surface area contributed by atoms with E-state index in [4.69, 9.17) is 9.47 Å². The molecule has 0 saturated carbocycles. The number of ether oxygens (including phenoxy) is 2. The van der Waals surface area contributed by atoms with Gasteiger partial charge in [0.2, 0.25) is 0 Å². The van der Waals surface area contributed by atoms with Crippen molar-refractivity contribution in [3.05, 3.63) is 24.5 Å². The van der Waals surface area contributed by atoms with Crippen molar-refractivity contribution in [3.8, 4) is 5.75 Å². The molecule has 0 unspecified atom stereocenters. The smallest absolute Gasteiger partial charge is 0.410 e. The largest absolute Gasteiger partial charge is 0.492 e. The third kappa shape index (κ3) is 5.25. The first-order valence-electron chi connectivity index (χ1n) is 7.45. The second-order valence-corrected chi connectivity index (χ2v) is 6.43. The van der Waals surface area contributed by atoms with Gasteiger partial charge in [-0.05, 0) is 45.7 Å². The van der Waals surface area contributed by atoms with Crippen LogP contribution < -0.4 is 4.74 Å². The summed E-state index contributed by atoms with van der Waals surface area (Å²) in [5.74, 6) is 1.11. The molecule has 5 heteroatoms. The lowest BCUT2D eigenvalue weighted by atomic mass is 9.99. The molecule has 1 aliphatic heterocycles. The van der Waals surface area contributed by atoms with Crippen LogP contribution >= 0.6 is 0 Å². The average molecular weight is 292 g/mol. The minimum atomic E-state index is -0.448. The lowest BCUT2D eigenvalue weighted by molar-refractivity contribution is 0.0139. The van der Waals surface area contributed by atoms with Gasteiger partial charge in [-0.15, -0.1) is 0 Å². The SMILES string of the molecule is CC(C)(C)OC(=O)N1CCC[C@H](COc2cccnc2)C1. The highest BCUT2D eigenvalue weighted by Gasteiger charge is 2.27. The highest BCUT2D eigenvalue weighted by Crippen LogP contribution is 2.20. The van der Waals surface area contributed by atoms with Crippen LogP contribution in [0.2, 0.25) is 0 Å². The summed E-state index contributed by atoms with van der Waals surface area (Å²) in [7, 11) is 0. The fraction of sp³-hybridized carbons (Fsp3) is 0.625. The number of amides is 1. The summed E-state index contributed by atoms with van der Waals surface area (Å²) in [6.07, 6.45) is 5.25. The normalized spacial score (nSPS) is 19.2. The van der Waals surface area contributed by atoms with E-state index in [1.54, 1.807) is 17.3 Å². The monoisotopic (exact) mass is 292 g/mol. The maximum absolute atomic E-state index is 12.1. The molecule has 2 rings (SSSR count). The Morgan fingerprint density at radius 2 is 2.29 bits per heavy atom. The van der Waals surface area contributed by atoms with Gasteiger partial charge in [-0.25, -0.2) is 4.79 Å². The molecule has 21 heavy (non-hydrogen) atoms. The first-order valence-corrected chi connectivity index (χ1v) is 7.45. The number of hydrogen-bond donors (Lipinski definition) is 0. The second kappa shape index (κ2) is 6.78. The Kier molecular flexibility index (Phi) is 5.04. The second-order valence-electron chi connectivity index (χ2n) is 6.43. The van der Waals surface area contributed by atoms with Gasteiger partial charge in [-0.1, -0.05) is 0 Å². The van der Waals surface area contributed by atoms with Gasteiger partial charge in [0.25, 0.3) is 0 Å². The topological polar surface area (TPSA) is 51.7 Å². The van der Waals surface area contributed by atoms with E-state index < -0.39 is 5.60 Å². The summed E-state index contributed by atoms with van der Waals surface area (Å²) in [6.45, 7) is 7.71. The Bertz CT molecular complexity index is 456. The number of nitrogens with zero attached hydrogens (tertiary/aromatic N) is 2. The van der Waals surface area contributed by atoms with Crippen LogP contribution in [0.4, 0.5) is 4.79 Å². The van der Waals surface area contributed by atoms with Crippen LogP contribution in [0.1, 0.15) is 33.6 Å². The highest BCUT2D eigenvalue weighted by atomic mass is 16.6. The number of likely N-dealkylation sites (tertiary alicyclic amines) is 1. The van der Waals surface area contributed by atoms with Gasteiger partial charge in [0, 0.05) is 25.2 Å². The maximum atomic E-state index is 12.1. The molecule has 1 aromatic heterocycles. The number of aromatic nitrogens is 1. The molecule has 0 spiro atoms. The van der Waals surface area contributed by atoms with E-state index in [1.165, 1.54) is 0 Å². The van der Waals surface area contributed by atoms with Crippen LogP contribution in [-0.2, 0) is 4.74 Å². The fourth-order valence-electron chi connectivity index (χ4n) is 2.34. The lowest BCUT2D eigenvalue weighted by Gasteiger charge is -2.34. The molecule has 0 aromatic carbocycles. The molecule has 5 nitrogen and oxygen atoms in total. The summed E-state index contributed by atoms with van der Waals surface area (Å²) in [4.78, 5) is 17.9. The van der Waals surface area contributed by atoms with Crippen molar-refractivity contribution >= 4 is 6.09 Å². The van der Waals surface area contributed by atoms with Crippen LogP contribution in [0.25, 0.3) is 0 Å². The van der Waals surface area contributed by atoms with Crippen molar-refractivity contribution in [2.75, 3.05) is 19.7 Å². The molecule has 1 aromatic rings. The Hall–Kier alpha value is -1.78. The van der Waals surface area contributed by atoms with Gasteiger partial charge < -0.3 is 14.4 Å². The van der Waals surface area contributed by atoms with Crippen molar-refractivity contribution < 1.29 is 14.3 Å². The zero-order valence-corrected chi connectivity index (χ0v) is 13.0. The van der Waals surface area contributed by atoms with Gasteiger partial charge in [0.05, 0.1) is 12.8 Å². The van der Waals surface area contributed by atoms with E-state index in [0.717, 1.165) is 25.1 Å². The van der Waals surface area contributed by atoms with Crippen LogP contribution in [0.5, 0.6) is 5.75 Å². The van der Waals surface area contributed by atoms with E-state index in [0.29, 0.717) is 19.1 Å². The summed E-state index contributed by atoms with van der Waals surface area (Å²) in [5.41, 5.74) is -0.448. The molecule has 0 aliphatic carbocycles. The third-order valence-electron chi connectivity index (χ3n) is 3.29. The van der Waals surface area contributed by atoms with Crippen LogP contribution in [0.15, 0.2) is 24.5 Å². The summed E-state index contributed by atoms with van der Waals surface area (Å²) in [5, 5.41) is 0. The number of piperidine rings is 1. The molecule has 1 amide bonds.